The molecule has 2 N–H and O–H groups in total. The molecule has 1 aromatic rings. The number of carbonyl (C=O) groups is 1. The summed E-state index contributed by atoms with van der Waals surface area (Å²) in [6, 6.07) is 7.27. The van der Waals surface area contributed by atoms with E-state index in [1.807, 2.05) is 31.2 Å². The molecular weight excluding hydrogens is 218 g/mol. The highest BCUT2D eigenvalue weighted by molar-refractivity contribution is 5.80. The van der Waals surface area contributed by atoms with Crippen LogP contribution in [-0.4, -0.2) is 29.8 Å². The normalized spacial score (nSPS) is 13.9. The molecular formula is C13H19NO3. The van der Waals surface area contributed by atoms with Gasteiger partial charge >= 0.3 is 0 Å². The topological polar surface area (TPSA) is 58.6 Å². The van der Waals surface area contributed by atoms with Crippen molar-refractivity contribution in [3.05, 3.63) is 29.8 Å². The lowest BCUT2D eigenvalue weighted by Crippen LogP contribution is -2.42. The van der Waals surface area contributed by atoms with E-state index in [0.717, 1.165) is 5.56 Å². The predicted octanol–water partition coefficient (Wildman–Crippen LogP) is 1.26. The lowest BCUT2D eigenvalue weighted by molar-refractivity contribution is -0.128. The van der Waals surface area contributed by atoms with Gasteiger partial charge in [0, 0.05) is 6.04 Å². The molecule has 4 nitrogen and oxygen atoms in total. The fourth-order valence-electron chi connectivity index (χ4n) is 1.35. The molecule has 1 aromatic carbocycles. The second kappa shape index (κ2) is 6.25. The van der Waals surface area contributed by atoms with Crippen LogP contribution in [0.25, 0.3) is 0 Å². The monoisotopic (exact) mass is 237 g/mol. The van der Waals surface area contributed by atoms with Crippen LogP contribution in [0.2, 0.25) is 0 Å². The van der Waals surface area contributed by atoms with Crippen LogP contribution >= 0.6 is 0 Å². The van der Waals surface area contributed by atoms with Crippen LogP contribution in [0.1, 0.15) is 19.4 Å². The Hall–Kier alpha value is -1.55. The maximum Gasteiger partial charge on any atom is 0.261 e. The highest BCUT2D eigenvalue weighted by atomic mass is 16.5. The zero-order valence-electron chi connectivity index (χ0n) is 10.4. The third-order valence-electron chi connectivity index (χ3n) is 2.33. The Kier molecular flexibility index (Phi) is 4.97. The van der Waals surface area contributed by atoms with Gasteiger partial charge in [0.2, 0.25) is 0 Å². The number of nitrogens with one attached hydrogen (secondary N) is 1. The molecule has 4 heteroatoms. The number of hydrogen-bond donors (Lipinski definition) is 2. The van der Waals surface area contributed by atoms with E-state index in [0.29, 0.717) is 5.75 Å². The second-order valence-electron chi connectivity index (χ2n) is 4.17. The van der Waals surface area contributed by atoms with Gasteiger partial charge in [-0.05, 0) is 38.5 Å². The fraction of sp³-hybridized carbons (Fsp3) is 0.462. The van der Waals surface area contributed by atoms with E-state index in [1.54, 1.807) is 13.8 Å². The minimum absolute atomic E-state index is 0.0805. The Balaban J connectivity index is 2.54. The average molecular weight is 237 g/mol. The van der Waals surface area contributed by atoms with E-state index < -0.39 is 6.10 Å². The van der Waals surface area contributed by atoms with E-state index in [4.69, 9.17) is 9.84 Å². The molecule has 2 unspecified atom stereocenters. The van der Waals surface area contributed by atoms with Crippen molar-refractivity contribution in [1.82, 2.24) is 5.32 Å². The summed E-state index contributed by atoms with van der Waals surface area (Å²) in [5.74, 6) is 0.442. The third-order valence-corrected chi connectivity index (χ3v) is 2.33. The summed E-state index contributed by atoms with van der Waals surface area (Å²) < 4.78 is 5.51. The van der Waals surface area contributed by atoms with Crippen molar-refractivity contribution >= 4 is 5.91 Å². The van der Waals surface area contributed by atoms with Crippen LogP contribution in [0.3, 0.4) is 0 Å². The van der Waals surface area contributed by atoms with Crippen molar-refractivity contribution in [3.63, 3.8) is 0 Å². The van der Waals surface area contributed by atoms with Crippen molar-refractivity contribution in [2.45, 2.75) is 32.9 Å². The van der Waals surface area contributed by atoms with Gasteiger partial charge in [0.1, 0.15) is 5.75 Å². The van der Waals surface area contributed by atoms with Crippen LogP contribution in [-0.2, 0) is 4.79 Å². The van der Waals surface area contributed by atoms with Crippen molar-refractivity contribution in [1.29, 1.82) is 0 Å². The summed E-state index contributed by atoms with van der Waals surface area (Å²) in [7, 11) is 0. The number of rotatable bonds is 5. The zero-order valence-corrected chi connectivity index (χ0v) is 10.4. The van der Waals surface area contributed by atoms with Gasteiger partial charge < -0.3 is 15.2 Å². The Bertz CT molecular complexity index is 379. The van der Waals surface area contributed by atoms with Gasteiger partial charge in [0.15, 0.2) is 6.10 Å². The van der Waals surface area contributed by atoms with Gasteiger partial charge in [-0.25, -0.2) is 0 Å². The first-order chi connectivity index (χ1) is 8.02. The number of hydrogen-bond acceptors (Lipinski definition) is 3. The van der Waals surface area contributed by atoms with E-state index >= 15 is 0 Å². The molecule has 0 aliphatic heterocycles. The van der Waals surface area contributed by atoms with E-state index in [1.165, 1.54) is 0 Å². The fourth-order valence-corrected chi connectivity index (χ4v) is 1.35. The Morgan fingerprint density at radius 1 is 1.47 bits per heavy atom. The first-order valence-corrected chi connectivity index (χ1v) is 5.67. The van der Waals surface area contributed by atoms with Crippen LogP contribution < -0.4 is 10.1 Å². The van der Waals surface area contributed by atoms with Crippen LogP contribution in [0.15, 0.2) is 24.3 Å². The van der Waals surface area contributed by atoms with Crippen molar-refractivity contribution in [2.24, 2.45) is 0 Å². The van der Waals surface area contributed by atoms with E-state index in [-0.39, 0.29) is 18.6 Å². The molecule has 0 radical (unpaired) electrons. The molecule has 0 aliphatic carbocycles. The molecule has 1 rings (SSSR count). The molecule has 0 fully saturated rings. The minimum Gasteiger partial charge on any atom is -0.481 e. The van der Waals surface area contributed by atoms with Gasteiger partial charge in [0.25, 0.3) is 5.91 Å². The number of aliphatic hydroxyl groups excluding tert-OH is 1. The Morgan fingerprint density at radius 2 is 2.18 bits per heavy atom. The Labute approximate surface area is 102 Å². The summed E-state index contributed by atoms with van der Waals surface area (Å²) in [5.41, 5.74) is 1.08. The number of benzene rings is 1. The van der Waals surface area contributed by atoms with Crippen molar-refractivity contribution in [2.75, 3.05) is 6.61 Å². The first-order valence-electron chi connectivity index (χ1n) is 5.67. The van der Waals surface area contributed by atoms with E-state index in [2.05, 4.69) is 5.32 Å². The molecule has 2 atom stereocenters. The van der Waals surface area contributed by atoms with Gasteiger partial charge in [-0.1, -0.05) is 12.1 Å². The zero-order chi connectivity index (χ0) is 12.8. The predicted molar refractivity (Wildman–Crippen MR) is 66.0 cm³/mol. The quantitative estimate of drug-likeness (QED) is 0.810. The molecule has 0 aliphatic rings. The van der Waals surface area contributed by atoms with Gasteiger partial charge in [-0.3, -0.25) is 4.79 Å². The molecule has 0 heterocycles. The Morgan fingerprint density at radius 3 is 2.76 bits per heavy atom. The first kappa shape index (κ1) is 13.5. The van der Waals surface area contributed by atoms with Crippen LogP contribution in [0.5, 0.6) is 5.75 Å². The molecule has 94 valence electrons. The van der Waals surface area contributed by atoms with Crippen LogP contribution in [0, 0.1) is 6.92 Å². The maximum atomic E-state index is 11.7. The highest BCUT2D eigenvalue weighted by Gasteiger charge is 2.16. The van der Waals surface area contributed by atoms with Crippen molar-refractivity contribution < 1.29 is 14.6 Å². The third kappa shape index (κ3) is 4.44. The number of amides is 1. The summed E-state index contributed by atoms with van der Waals surface area (Å²) in [4.78, 5) is 11.7. The minimum atomic E-state index is -0.578. The highest BCUT2D eigenvalue weighted by Crippen LogP contribution is 2.14. The number of aliphatic hydroxyl groups is 1. The largest absolute Gasteiger partial charge is 0.481 e. The SMILES string of the molecule is Cc1cccc(OC(C)C(=O)NC(C)CO)c1. The molecule has 1 amide bonds. The van der Waals surface area contributed by atoms with Crippen LogP contribution in [0.4, 0.5) is 0 Å². The maximum absolute atomic E-state index is 11.7. The standard InChI is InChI=1S/C13H19NO3/c1-9-5-4-6-12(7-9)17-11(3)13(16)14-10(2)8-15/h4-7,10-11,15H,8H2,1-3H3,(H,14,16). The second-order valence-corrected chi connectivity index (χ2v) is 4.17. The molecule has 0 spiro atoms. The average Bonchev–Trinajstić information content (AvgIpc) is 2.28. The summed E-state index contributed by atoms with van der Waals surface area (Å²) in [5, 5.41) is 11.5. The lowest BCUT2D eigenvalue weighted by Gasteiger charge is -2.17. The summed E-state index contributed by atoms with van der Waals surface area (Å²) in [6.07, 6.45) is -0.578. The lowest BCUT2D eigenvalue weighted by atomic mass is 10.2. The molecule has 17 heavy (non-hydrogen) atoms. The van der Waals surface area contributed by atoms with E-state index in [9.17, 15) is 4.79 Å². The molecule has 0 aromatic heterocycles. The molecule has 0 saturated heterocycles. The number of ether oxygens (including phenoxy) is 1. The summed E-state index contributed by atoms with van der Waals surface area (Å²) >= 11 is 0. The molecule has 0 bridgehead atoms. The van der Waals surface area contributed by atoms with Crippen molar-refractivity contribution in [3.8, 4) is 5.75 Å². The number of carbonyl (C=O) groups excluding carboxylic acids is 1. The summed E-state index contributed by atoms with van der Waals surface area (Å²) in [6.45, 7) is 5.30. The smallest absolute Gasteiger partial charge is 0.261 e. The molecule has 0 saturated carbocycles. The van der Waals surface area contributed by atoms with Gasteiger partial charge in [-0.2, -0.15) is 0 Å². The van der Waals surface area contributed by atoms with Gasteiger partial charge in [0.05, 0.1) is 6.61 Å². The van der Waals surface area contributed by atoms with Gasteiger partial charge in [-0.15, -0.1) is 0 Å². The number of aryl methyl sites for hydroxylation is 1.